The van der Waals surface area contributed by atoms with Crippen LogP contribution < -0.4 is 0 Å². The van der Waals surface area contributed by atoms with Crippen molar-refractivity contribution < 1.29 is 27.9 Å². The van der Waals surface area contributed by atoms with E-state index in [4.69, 9.17) is 5.11 Å². The van der Waals surface area contributed by atoms with Crippen LogP contribution in [0.5, 0.6) is 0 Å². The van der Waals surface area contributed by atoms with Crippen molar-refractivity contribution in [3.05, 3.63) is 35.4 Å². The zero-order valence-corrected chi connectivity index (χ0v) is 9.65. The van der Waals surface area contributed by atoms with E-state index in [-0.39, 0.29) is 11.1 Å². The van der Waals surface area contributed by atoms with Crippen molar-refractivity contribution in [2.75, 3.05) is 13.1 Å². The largest absolute Gasteiger partial charge is 0.481 e. The molecule has 19 heavy (non-hydrogen) atoms. The van der Waals surface area contributed by atoms with Crippen LogP contribution in [0.15, 0.2) is 24.3 Å². The van der Waals surface area contributed by atoms with Crippen LogP contribution in [0, 0.1) is 0 Å². The molecule has 1 aromatic carbocycles. The maximum absolute atomic E-state index is 12.4. The monoisotopic (exact) mass is 273 g/mol. The predicted molar refractivity (Wildman–Crippen MR) is 58.8 cm³/mol. The summed E-state index contributed by atoms with van der Waals surface area (Å²) in [4.78, 5) is 23.5. The Hall–Kier alpha value is -2.05. The van der Waals surface area contributed by atoms with E-state index < -0.39 is 37.1 Å². The van der Waals surface area contributed by atoms with Crippen LogP contribution in [0.25, 0.3) is 0 Å². The minimum absolute atomic E-state index is 0.0189. The van der Waals surface area contributed by atoms with Crippen LogP contribution in [-0.2, 0) is 4.79 Å². The minimum atomic E-state index is -4.55. The number of fused-ring (bicyclic) bond motifs is 1. The van der Waals surface area contributed by atoms with Gasteiger partial charge in [0.2, 0.25) is 0 Å². The third kappa shape index (κ3) is 2.69. The van der Waals surface area contributed by atoms with E-state index >= 15 is 0 Å². The molecule has 7 heteroatoms. The van der Waals surface area contributed by atoms with Crippen molar-refractivity contribution in [3.63, 3.8) is 0 Å². The topological polar surface area (TPSA) is 57.6 Å². The molecule has 4 nitrogen and oxygen atoms in total. The van der Waals surface area contributed by atoms with Gasteiger partial charge in [-0.05, 0) is 11.6 Å². The number of amides is 1. The highest BCUT2D eigenvalue weighted by Gasteiger charge is 2.40. The van der Waals surface area contributed by atoms with Crippen molar-refractivity contribution in [1.82, 2.24) is 4.90 Å². The molecule has 0 saturated heterocycles. The normalized spacial score (nSPS) is 19.2. The number of aliphatic carboxylic acids is 1. The van der Waals surface area contributed by atoms with Crippen LogP contribution in [0.3, 0.4) is 0 Å². The number of benzene rings is 1. The third-order valence-corrected chi connectivity index (χ3v) is 2.93. The number of carbonyl (C=O) groups is 2. The summed E-state index contributed by atoms with van der Waals surface area (Å²) in [6.07, 6.45) is -4.55. The Balaban J connectivity index is 2.40. The van der Waals surface area contributed by atoms with Crippen LogP contribution in [0.1, 0.15) is 21.8 Å². The third-order valence-electron chi connectivity index (χ3n) is 2.93. The van der Waals surface area contributed by atoms with E-state index in [1.54, 1.807) is 6.07 Å². The smallest absolute Gasteiger partial charge is 0.406 e. The summed E-state index contributed by atoms with van der Waals surface area (Å²) in [5.74, 6) is -3.16. The zero-order chi connectivity index (χ0) is 14.2. The number of nitrogens with zero attached hydrogens (tertiary/aromatic N) is 1. The molecule has 0 spiro atoms. The summed E-state index contributed by atoms with van der Waals surface area (Å²) in [7, 11) is 0. The highest BCUT2D eigenvalue weighted by atomic mass is 19.4. The first kappa shape index (κ1) is 13.4. The molecule has 1 unspecified atom stereocenters. The Morgan fingerprint density at radius 3 is 2.58 bits per heavy atom. The van der Waals surface area contributed by atoms with Gasteiger partial charge in [-0.25, -0.2) is 0 Å². The van der Waals surface area contributed by atoms with E-state index in [9.17, 15) is 22.8 Å². The molecular formula is C12H10F3NO3. The van der Waals surface area contributed by atoms with Gasteiger partial charge in [0.25, 0.3) is 5.91 Å². The summed E-state index contributed by atoms with van der Waals surface area (Å²) >= 11 is 0. The molecule has 0 aliphatic carbocycles. The predicted octanol–water partition coefficient (Wildman–Crippen LogP) is 1.87. The summed E-state index contributed by atoms with van der Waals surface area (Å²) in [5.41, 5.74) is 0.281. The molecular weight excluding hydrogens is 263 g/mol. The lowest BCUT2D eigenvalue weighted by molar-refractivity contribution is -0.147. The van der Waals surface area contributed by atoms with Crippen LogP contribution in [-0.4, -0.2) is 41.1 Å². The fourth-order valence-electron chi connectivity index (χ4n) is 2.13. The van der Waals surface area contributed by atoms with Gasteiger partial charge < -0.3 is 10.0 Å². The van der Waals surface area contributed by atoms with Gasteiger partial charge in [-0.15, -0.1) is 0 Å². The lowest BCUT2D eigenvalue weighted by Crippen LogP contribution is -2.46. The number of hydrogen-bond acceptors (Lipinski definition) is 2. The number of carboxylic acid groups (broad SMARTS) is 1. The molecule has 1 aliphatic heterocycles. The Bertz CT molecular complexity index is 527. The van der Waals surface area contributed by atoms with E-state index in [0.29, 0.717) is 4.90 Å². The number of carboxylic acids is 1. The van der Waals surface area contributed by atoms with Gasteiger partial charge in [-0.2, -0.15) is 13.2 Å². The second-order valence-corrected chi connectivity index (χ2v) is 4.28. The summed E-state index contributed by atoms with van der Waals surface area (Å²) < 4.78 is 37.1. The first-order valence-electron chi connectivity index (χ1n) is 5.47. The summed E-state index contributed by atoms with van der Waals surface area (Å²) in [6.45, 7) is -1.91. The first-order chi connectivity index (χ1) is 8.79. The van der Waals surface area contributed by atoms with Gasteiger partial charge in [-0.1, -0.05) is 18.2 Å². The molecule has 1 heterocycles. The number of carbonyl (C=O) groups excluding carboxylic acids is 1. The maximum atomic E-state index is 12.4. The first-order valence-corrected chi connectivity index (χ1v) is 5.47. The molecule has 1 amide bonds. The number of hydrogen-bond donors (Lipinski definition) is 1. The maximum Gasteiger partial charge on any atom is 0.406 e. The van der Waals surface area contributed by atoms with Crippen molar-refractivity contribution in [1.29, 1.82) is 0 Å². The van der Waals surface area contributed by atoms with Crippen molar-refractivity contribution >= 4 is 11.9 Å². The molecule has 1 aliphatic rings. The fraction of sp³-hybridized carbons (Fsp3) is 0.333. The molecule has 1 aromatic rings. The zero-order valence-electron chi connectivity index (χ0n) is 9.65. The van der Waals surface area contributed by atoms with Gasteiger partial charge in [0, 0.05) is 12.1 Å². The number of alkyl halides is 3. The quantitative estimate of drug-likeness (QED) is 0.895. The van der Waals surface area contributed by atoms with E-state index in [1.165, 1.54) is 18.2 Å². The number of rotatable bonds is 2. The van der Waals surface area contributed by atoms with E-state index in [2.05, 4.69) is 0 Å². The molecule has 0 radical (unpaired) electrons. The SMILES string of the molecule is O=C(O)C1CN(CC(F)(F)F)C(=O)c2ccccc21. The van der Waals surface area contributed by atoms with Gasteiger partial charge in [0.05, 0.1) is 0 Å². The molecule has 1 atom stereocenters. The minimum Gasteiger partial charge on any atom is -0.481 e. The number of halogens is 3. The molecule has 0 fully saturated rings. The van der Waals surface area contributed by atoms with Crippen molar-refractivity contribution in [3.8, 4) is 0 Å². The van der Waals surface area contributed by atoms with Gasteiger partial charge in [-0.3, -0.25) is 9.59 Å². The van der Waals surface area contributed by atoms with E-state index in [0.717, 1.165) is 0 Å². The average molecular weight is 273 g/mol. The lowest BCUT2D eigenvalue weighted by Gasteiger charge is -2.32. The molecule has 102 valence electrons. The van der Waals surface area contributed by atoms with Crippen LogP contribution >= 0.6 is 0 Å². The van der Waals surface area contributed by atoms with Gasteiger partial charge in [0.15, 0.2) is 0 Å². The van der Waals surface area contributed by atoms with E-state index in [1.807, 2.05) is 0 Å². The Morgan fingerprint density at radius 1 is 1.37 bits per heavy atom. The lowest BCUT2D eigenvalue weighted by atomic mass is 9.89. The highest BCUT2D eigenvalue weighted by molar-refractivity contribution is 5.99. The summed E-state index contributed by atoms with van der Waals surface area (Å²) in [6, 6.07) is 5.85. The standard InChI is InChI=1S/C12H10F3NO3/c13-12(14,15)6-16-5-9(11(18)19)7-3-1-2-4-8(7)10(16)17/h1-4,9H,5-6H2,(H,18,19). The van der Waals surface area contributed by atoms with Crippen LogP contribution in [0.4, 0.5) is 13.2 Å². The van der Waals surface area contributed by atoms with Crippen molar-refractivity contribution in [2.45, 2.75) is 12.1 Å². The molecule has 0 bridgehead atoms. The molecule has 2 rings (SSSR count). The molecule has 0 aromatic heterocycles. The van der Waals surface area contributed by atoms with Crippen LogP contribution in [0.2, 0.25) is 0 Å². The Kier molecular flexibility index (Phi) is 3.21. The average Bonchev–Trinajstić information content (AvgIpc) is 2.31. The highest BCUT2D eigenvalue weighted by Crippen LogP contribution is 2.30. The Morgan fingerprint density at radius 2 is 2.00 bits per heavy atom. The second-order valence-electron chi connectivity index (χ2n) is 4.28. The van der Waals surface area contributed by atoms with Gasteiger partial charge >= 0.3 is 12.1 Å². The second kappa shape index (κ2) is 4.56. The Labute approximate surface area is 106 Å². The van der Waals surface area contributed by atoms with Crippen molar-refractivity contribution in [2.24, 2.45) is 0 Å². The molecule has 1 N–H and O–H groups in total. The molecule has 0 saturated carbocycles. The fourth-order valence-corrected chi connectivity index (χ4v) is 2.13. The summed E-state index contributed by atoms with van der Waals surface area (Å²) in [5, 5.41) is 9.07. The van der Waals surface area contributed by atoms with Gasteiger partial charge in [0.1, 0.15) is 12.5 Å².